The molecule has 8 heteroatoms. The van der Waals surface area contributed by atoms with Gasteiger partial charge >= 0.3 is 0 Å². The van der Waals surface area contributed by atoms with E-state index in [0.717, 1.165) is 17.1 Å². The normalized spacial score (nSPS) is 16.4. The van der Waals surface area contributed by atoms with E-state index in [1.165, 1.54) is 11.3 Å². The van der Waals surface area contributed by atoms with Crippen molar-refractivity contribution in [1.82, 2.24) is 15.2 Å². The van der Waals surface area contributed by atoms with Crippen molar-refractivity contribution in [3.63, 3.8) is 0 Å². The van der Waals surface area contributed by atoms with Crippen LogP contribution in [0.3, 0.4) is 0 Å². The van der Waals surface area contributed by atoms with Crippen LogP contribution in [0, 0.1) is 0 Å². The van der Waals surface area contributed by atoms with Crippen LogP contribution in [0.5, 0.6) is 0 Å². The lowest BCUT2D eigenvalue weighted by molar-refractivity contribution is -0.125. The maximum absolute atomic E-state index is 12.8. The fourth-order valence-electron chi connectivity index (χ4n) is 2.66. The summed E-state index contributed by atoms with van der Waals surface area (Å²) in [4.78, 5) is 31.3. The van der Waals surface area contributed by atoms with Gasteiger partial charge in [0, 0.05) is 42.6 Å². The number of pyridine rings is 1. The molecule has 0 aromatic carbocycles. The summed E-state index contributed by atoms with van der Waals surface area (Å²) >= 11 is 7.34. The van der Waals surface area contributed by atoms with Crippen LogP contribution < -0.4 is 10.6 Å². The first-order chi connectivity index (χ1) is 12.6. The van der Waals surface area contributed by atoms with Crippen LogP contribution in [0.2, 0.25) is 4.34 Å². The van der Waals surface area contributed by atoms with Crippen LogP contribution in [0.4, 0.5) is 5.69 Å². The van der Waals surface area contributed by atoms with Crippen LogP contribution in [0.25, 0.3) is 6.08 Å². The molecule has 136 valence electrons. The van der Waals surface area contributed by atoms with Crippen LogP contribution in [0.1, 0.15) is 4.88 Å². The van der Waals surface area contributed by atoms with Gasteiger partial charge in [0.2, 0.25) is 5.91 Å². The average molecular weight is 391 g/mol. The Hall–Kier alpha value is -2.22. The van der Waals surface area contributed by atoms with Gasteiger partial charge in [-0.2, -0.15) is 0 Å². The van der Waals surface area contributed by atoms with Gasteiger partial charge in [0.25, 0.3) is 0 Å². The zero-order chi connectivity index (χ0) is 18.4. The van der Waals surface area contributed by atoms with Crippen molar-refractivity contribution in [3.8, 4) is 0 Å². The number of halogens is 1. The molecule has 3 heterocycles. The molecule has 1 atom stereocenters. The molecule has 2 N–H and O–H groups in total. The predicted octanol–water partition coefficient (Wildman–Crippen LogP) is 2.29. The zero-order valence-corrected chi connectivity index (χ0v) is 15.6. The van der Waals surface area contributed by atoms with Gasteiger partial charge in [0.05, 0.1) is 10.9 Å². The number of hydrogen-bond donors (Lipinski definition) is 2. The molecule has 26 heavy (non-hydrogen) atoms. The Morgan fingerprint density at radius 3 is 2.88 bits per heavy atom. The summed E-state index contributed by atoms with van der Waals surface area (Å²) in [5, 5.41) is 6.04. The van der Waals surface area contributed by atoms with E-state index in [9.17, 15) is 9.59 Å². The quantitative estimate of drug-likeness (QED) is 0.709. The smallest absolute Gasteiger partial charge is 0.234 e. The maximum Gasteiger partial charge on any atom is 0.234 e. The standard InChI is InChI=1S/C18H19ClN4O2S/c19-17-4-2-14(26-17)1-3-16(24)15(22-13-5-7-20-8-6-13)11-23-10-9-21-18(25)12-23/h1-8,15H,9-12H2,(H,20,22)(H,21,25). The summed E-state index contributed by atoms with van der Waals surface area (Å²) in [5.74, 6) is -0.0764. The first-order valence-corrected chi connectivity index (χ1v) is 9.42. The molecule has 1 saturated heterocycles. The van der Waals surface area contributed by atoms with Gasteiger partial charge in [0.1, 0.15) is 6.04 Å². The largest absolute Gasteiger partial charge is 0.374 e. The van der Waals surface area contributed by atoms with Crippen molar-refractivity contribution >= 4 is 46.4 Å². The predicted molar refractivity (Wildman–Crippen MR) is 104 cm³/mol. The molecule has 1 amide bonds. The summed E-state index contributed by atoms with van der Waals surface area (Å²) in [5.41, 5.74) is 0.812. The number of nitrogens with zero attached hydrogens (tertiary/aromatic N) is 2. The molecule has 1 fully saturated rings. The van der Waals surface area contributed by atoms with E-state index in [1.807, 2.05) is 23.1 Å². The van der Waals surface area contributed by atoms with Gasteiger partial charge in [-0.1, -0.05) is 11.6 Å². The van der Waals surface area contributed by atoms with E-state index in [-0.39, 0.29) is 11.7 Å². The Kier molecular flexibility index (Phi) is 6.38. The van der Waals surface area contributed by atoms with Crippen LogP contribution >= 0.6 is 22.9 Å². The van der Waals surface area contributed by atoms with Crippen LogP contribution in [-0.4, -0.2) is 53.8 Å². The van der Waals surface area contributed by atoms with E-state index in [1.54, 1.807) is 30.6 Å². The molecule has 1 aliphatic rings. The molecule has 1 aliphatic heterocycles. The van der Waals surface area contributed by atoms with E-state index >= 15 is 0 Å². The SMILES string of the molecule is O=C1CN(CC(Nc2ccncc2)C(=O)C=Cc2ccc(Cl)s2)CCN1. The second-order valence-corrected chi connectivity index (χ2v) is 7.64. The van der Waals surface area contributed by atoms with Crippen molar-refractivity contribution in [2.75, 3.05) is 31.5 Å². The number of amides is 1. The van der Waals surface area contributed by atoms with Crippen molar-refractivity contribution in [3.05, 3.63) is 51.9 Å². The lowest BCUT2D eigenvalue weighted by Gasteiger charge is -2.30. The Morgan fingerprint density at radius 1 is 1.38 bits per heavy atom. The van der Waals surface area contributed by atoms with Gasteiger partial charge < -0.3 is 10.6 Å². The van der Waals surface area contributed by atoms with Gasteiger partial charge in [-0.3, -0.25) is 19.5 Å². The van der Waals surface area contributed by atoms with Crippen molar-refractivity contribution in [1.29, 1.82) is 0 Å². The maximum atomic E-state index is 12.8. The lowest BCUT2D eigenvalue weighted by atomic mass is 10.1. The highest BCUT2D eigenvalue weighted by molar-refractivity contribution is 7.17. The molecule has 0 spiro atoms. The number of aromatic nitrogens is 1. The number of nitrogens with one attached hydrogen (secondary N) is 2. The number of carbonyl (C=O) groups excluding carboxylic acids is 2. The molecule has 3 rings (SSSR count). The highest BCUT2D eigenvalue weighted by Gasteiger charge is 2.23. The lowest BCUT2D eigenvalue weighted by Crippen LogP contribution is -2.52. The van der Waals surface area contributed by atoms with Gasteiger partial charge in [-0.25, -0.2) is 0 Å². The van der Waals surface area contributed by atoms with E-state index in [4.69, 9.17) is 11.6 Å². The third-order valence-corrected chi connectivity index (χ3v) is 5.13. The van der Waals surface area contributed by atoms with Crippen molar-refractivity contribution in [2.45, 2.75) is 6.04 Å². The summed E-state index contributed by atoms with van der Waals surface area (Å²) < 4.78 is 0.683. The zero-order valence-electron chi connectivity index (χ0n) is 14.0. The molecule has 6 nitrogen and oxygen atoms in total. The average Bonchev–Trinajstić information content (AvgIpc) is 3.05. The topological polar surface area (TPSA) is 74.3 Å². The number of ketones is 1. The minimum atomic E-state index is -0.463. The first kappa shape index (κ1) is 18.6. The monoisotopic (exact) mass is 390 g/mol. The molecule has 2 aromatic rings. The summed E-state index contributed by atoms with van der Waals surface area (Å²) in [7, 11) is 0. The van der Waals surface area contributed by atoms with E-state index in [0.29, 0.717) is 24.0 Å². The minimum Gasteiger partial charge on any atom is -0.374 e. The number of anilines is 1. The number of hydrogen-bond acceptors (Lipinski definition) is 6. The Bertz CT molecular complexity index is 793. The summed E-state index contributed by atoms with van der Waals surface area (Å²) in [6.07, 6.45) is 6.66. The molecule has 0 radical (unpaired) electrons. The molecule has 0 saturated carbocycles. The van der Waals surface area contributed by atoms with Crippen molar-refractivity contribution in [2.24, 2.45) is 0 Å². The second kappa shape index (κ2) is 8.93. The Balaban J connectivity index is 1.71. The molecule has 0 bridgehead atoms. The van der Waals surface area contributed by atoms with Crippen LogP contribution in [0.15, 0.2) is 42.7 Å². The van der Waals surface area contributed by atoms with E-state index < -0.39 is 6.04 Å². The molecule has 1 unspecified atom stereocenters. The molecule has 0 aliphatic carbocycles. The number of piperazine rings is 1. The highest BCUT2D eigenvalue weighted by Crippen LogP contribution is 2.22. The van der Waals surface area contributed by atoms with Gasteiger partial charge in [0.15, 0.2) is 5.78 Å². The third kappa shape index (κ3) is 5.39. The fraction of sp³-hybridized carbons (Fsp3) is 0.278. The van der Waals surface area contributed by atoms with Crippen molar-refractivity contribution < 1.29 is 9.59 Å². The van der Waals surface area contributed by atoms with E-state index in [2.05, 4.69) is 15.6 Å². The number of carbonyl (C=O) groups is 2. The van der Waals surface area contributed by atoms with Gasteiger partial charge in [-0.05, 0) is 36.4 Å². The number of thiophene rings is 1. The summed E-state index contributed by atoms with van der Waals surface area (Å²) in [6, 6.07) is 6.83. The summed E-state index contributed by atoms with van der Waals surface area (Å²) in [6.45, 7) is 2.06. The highest BCUT2D eigenvalue weighted by atomic mass is 35.5. The molecule has 2 aromatic heterocycles. The van der Waals surface area contributed by atoms with Crippen LogP contribution in [-0.2, 0) is 9.59 Å². The second-order valence-electron chi connectivity index (χ2n) is 5.90. The molecular weight excluding hydrogens is 372 g/mol. The third-order valence-electron chi connectivity index (χ3n) is 3.93. The Labute approximate surface area is 160 Å². The molecular formula is C18H19ClN4O2S. The first-order valence-electron chi connectivity index (χ1n) is 8.23. The Morgan fingerprint density at radius 2 is 2.19 bits per heavy atom. The fourth-order valence-corrected chi connectivity index (χ4v) is 3.62. The number of rotatable bonds is 7. The minimum absolute atomic E-state index is 0.0184. The van der Waals surface area contributed by atoms with Gasteiger partial charge in [-0.15, -0.1) is 11.3 Å².